The minimum Gasteiger partial charge on any atom is -0.439 e. The number of halogens is 1. The number of rotatable bonds is 2. The van der Waals surface area contributed by atoms with Crippen molar-refractivity contribution in [2.24, 2.45) is 5.73 Å². The van der Waals surface area contributed by atoms with Gasteiger partial charge in [0.2, 0.25) is 0 Å². The molecule has 0 atom stereocenters. The van der Waals surface area contributed by atoms with E-state index in [0.29, 0.717) is 29.5 Å². The lowest BCUT2D eigenvalue weighted by Gasteiger charge is -1.93. The SMILES string of the molecule is Cc1ccc(Cl)c2oc(CCN)nc12. The van der Waals surface area contributed by atoms with Gasteiger partial charge in [0.25, 0.3) is 0 Å². The first-order valence-electron chi connectivity index (χ1n) is 4.47. The Kier molecular flexibility index (Phi) is 2.44. The number of nitrogens with two attached hydrogens (primary N) is 1. The van der Waals surface area contributed by atoms with Crippen molar-refractivity contribution in [2.45, 2.75) is 13.3 Å². The van der Waals surface area contributed by atoms with E-state index in [4.69, 9.17) is 21.8 Å². The zero-order chi connectivity index (χ0) is 10.1. The van der Waals surface area contributed by atoms with Gasteiger partial charge in [-0.3, -0.25) is 0 Å². The van der Waals surface area contributed by atoms with Crippen molar-refractivity contribution in [3.63, 3.8) is 0 Å². The molecule has 2 aromatic rings. The van der Waals surface area contributed by atoms with Crippen molar-refractivity contribution >= 4 is 22.7 Å². The zero-order valence-corrected chi connectivity index (χ0v) is 8.64. The highest BCUT2D eigenvalue weighted by Gasteiger charge is 2.10. The molecule has 1 aromatic carbocycles. The molecule has 14 heavy (non-hydrogen) atoms. The van der Waals surface area contributed by atoms with E-state index in [1.165, 1.54) is 0 Å². The van der Waals surface area contributed by atoms with Crippen molar-refractivity contribution in [2.75, 3.05) is 6.54 Å². The third-order valence-corrected chi connectivity index (χ3v) is 2.40. The van der Waals surface area contributed by atoms with Crippen LogP contribution in [-0.4, -0.2) is 11.5 Å². The van der Waals surface area contributed by atoms with Gasteiger partial charge in [0.15, 0.2) is 11.5 Å². The molecule has 4 heteroatoms. The summed E-state index contributed by atoms with van der Waals surface area (Å²) in [5.74, 6) is 0.652. The molecule has 3 nitrogen and oxygen atoms in total. The Morgan fingerprint density at radius 1 is 1.50 bits per heavy atom. The van der Waals surface area contributed by atoms with Crippen LogP contribution < -0.4 is 5.73 Å². The van der Waals surface area contributed by atoms with E-state index in [-0.39, 0.29) is 0 Å². The third kappa shape index (κ3) is 1.49. The van der Waals surface area contributed by atoms with Gasteiger partial charge in [-0.15, -0.1) is 0 Å². The normalized spacial score (nSPS) is 11.1. The quantitative estimate of drug-likeness (QED) is 0.828. The molecule has 0 amide bonds. The average molecular weight is 211 g/mol. The van der Waals surface area contributed by atoms with E-state index >= 15 is 0 Å². The number of oxazole rings is 1. The van der Waals surface area contributed by atoms with Crippen molar-refractivity contribution < 1.29 is 4.42 Å². The summed E-state index contributed by atoms with van der Waals surface area (Å²) in [5.41, 5.74) is 7.99. The number of benzene rings is 1. The fraction of sp³-hybridized carbons (Fsp3) is 0.300. The molecular formula is C10H11ClN2O. The molecule has 0 aliphatic carbocycles. The smallest absolute Gasteiger partial charge is 0.196 e. The third-order valence-electron chi connectivity index (χ3n) is 2.10. The number of hydrogen-bond acceptors (Lipinski definition) is 3. The standard InChI is InChI=1S/C10H11ClN2O/c1-6-2-3-7(11)10-9(6)13-8(14-10)4-5-12/h2-3H,4-5,12H2,1H3. The Balaban J connectivity index is 2.63. The molecule has 2 rings (SSSR count). The number of nitrogens with zero attached hydrogens (tertiary/aromatic N) is 1. The fourth-order valence-corrected chi connectivity index (χ4v) is 1.57. The maximum absolute atomic E-state index is 5.98. The summed E-state index contributed by atoms with van der Waals surface area (Å²) >= 11 is 5.98. The summed E-state index contributed by atoms with van der Waals surface area (Å²) in [7, 11) is 0. The van der Waals surface area contributed by atoms with Crippen molar-refractivity contribution in [3.8, 4) is 0 Å². The summed E-state index contributed by atoms with van der Waals surface area (Å²) in [4.78, 5) is 4.33. The minimum absolute atomic E-state index is 0.531. The van der Waals surface area contributed by atoms with E-state index in [0.717, 1.165) is 11.1 Å². The molecule has 0 spiro atoms. The Bertz CT molecular complexity index is 425. The highest BCUT2D eigenvalue weighted by Crippen LogP contribution is 2.26. The number of aryl methyl sites for hydroxylation is 1. The van der Waals surface area contributed by atoms with Gasteiger partial charge in [-0.2, -0.15) is 0 Å². The van der Waals surface area contributed by atoms with Crippen molar-refractivity contribution in [3.05, 3.63) is 28.6 Å². The van der Waals surface area contributed by atoms with Gasteiger partial charge < -0.3 is 10.2 Å². The fourth-order valence-electron chi connectivity index (χ4n) is 1.38. The summed E-state index contributed by atoms with van der Waals surface area (Å²) in [6, 6.07) is 3.75. The zero-order valence-electron chi connectivity index (χ0n) is 7.88. The van der Waals surface area contributed by atoms with Gasteiger partial charge in [-0.25, -0.2) is 4.98 Å². The molecule has 0 aliphatic rings. The van der Waals surface area contributed by atoms with Gasteiger partial charge in [-0.05, 0) is 18.6 Å². The lowest BCUT2D eigenvalue weighted by molar-refractivity contribution is 0.531. The highest BCUT2D eigenvalue weighted by molar-refractivity contribution is 6.34. The summed E-state index contributed by atoms with van der Waals surface area (Å²) < 4.78 is 5.50. The van der Waals surface area contributed by atoms with Crippen molar-refractivity contribution in [1.82, 2.24) is 4.98 Å². The molecule has 0 saturated carbocycles. The number of hydrogen-bond donors (Lipinski definition) is 1. The van der Waals surface area contributed by atoms with Crippen LogP contribution in [-0.2, 0) is 6.42 Å². The first kappa shape index (κ1) is 9.49. The van der Waals surface area contributed by atoms with E-state index < -0.39 is 0 Å². The molecule has 0 saturated heterocycles. The van der Waals surface area contributed by atoms with Crippen LogP contribution >= 0.6 is 11.6 Å². The molecule has 1 aromatic heterocycles. The largest absolute Gasteiger partial charge is 0.439 e. The molecule has 74 valence electrons. The lowest BCUT2D eigenvalue weighted by Crippen LogP contribution is -2.02. The Hall–Kier alpha value is -1.06. The highest BCUT2D eigenvalue weighted by atomic mass is 35.5. The predicted molar refractivity (Wildman–Crippen MR) is 56.5 cm³/mol. The summed E-state index contributed by atoms with van der Waals surface area (Å²) in [6.07, 6.45) is 0.643. The van der Waals surface area contributed by atoms with Crippen LogP contribution in [0.1, 0.15) is 11.5 Å². The van der Waals surface area contributed by atoms with Crippen LogP contribution in [0.3, 0.4) is 0 Å². The van der Waals surface area contributed by atoms with E-state index in [1.807, 2.05) is 19.1 Å². The lowest BCUT2D eigenvalue weighted by atomic mass is 10.2. The molecule has 0 bridgehead atoms. The molecule has 0 fully saturated rings. The van der Waals surface area contributed by atoms with E-state index in [9.17, 15) is 0 Å². The van der Waals surface area contributed by atoms with E-state index in [1.54, 1.807) is 0 Å². The van der Waals surface area contributed by atoms with Gasteiger partial charge >= 0.3 is 0 Å². The Morgan fingerprint density at radius 2 is 2.29 bits per heavy atom. The molecule has 2 N–H and O–H groups in total. The molecule has 1 heterocycles. The van der Waals surface area contributed by atoms with Gasteiger partial charge in [0, 0.05) is 13.0 Å². The maximum atomic E-state index is 5.98. The maximum Gasteiger partial charge on any atom is 0.196 e. The molecule has 0 radical (unpaired) electrons. The van der Waals surface area contributed by atoms with Crippen LogP contribution in [0.5, 0.6) is 0 Å². The summed E-state index contributed by atoms with van der Waals surface area (Å²) in [6.45, 7) is 2.51. The number of aromatic nitrogens is 1. The molecule has 0 aliphatic heterocycles. The van der Waals surface area contributed by atoms with Crippen molar-refractivity contribution in [1.29, 1.82) is 0 Å². The van der Waals surface area contributed by atoms with E-state index in [2.05, 4.69) is 4.98 Å². The van der Waals surface area contributed by atoms with Gasteiger partial charge in [0.05, 0.1) is 5.02 Å². The molecule has 0 unspecified atom stereocenters. The second-order valence-electron chi connectivity index (χ2n) is 3.19. The van der Waals surface area contributed by atoms with Crippen LogP contribution in [0.25, 0.3) is 11.1 Å². The summed E-state index contributed by atoms with van der Waals surface area (Å²) in [5, 5.41) is 0.598. The Morgan fingerprint density at radius 3 is 2.93 bits per heavy atom. The monoisotopic (exact) mass is 210 g/mol. The Labute approximate surface area is 86.9 Å². The minimum atomic E-state index is 0.531. The number of fused-ring (bicyclic) bond motifs is 1. The van der Waals surface area contributed by atoms with Crippen LogP contribution in [0, 0.1) is 6.92 Å². The van der Waals surface area contributed by atoms with Gasteiger partial charge in [-0.1, -0.05) is 17.7 Å². The second-order valence-corrected chi connectivity index (χ2v) is 3.60. The molecular weight excluding hydrogens is 200 g/mol. The van der Waals surface area contributed by atoms with Gasteiger partial charge in [0.1, 0.15) is 5.52 Å². The topological polar surface area (TPSA) is 52.0 Å². The first-order chi connectivity index (χ1) is 6.72. The van der Waals surface area contributed by atoms with Crippen LogP contribution in [0.15, 0.2) is 16.5 Å². The predicted octanol–water partition coefficient (Wildman–Crippen LogP) is 2.29. The van der Waals surface area contributed by atoms with Crippen LogP contribution in [0.4, 0.5) is 0 Å². The van der Waals surface area contributed by atoms with Crippen LogP contribution in [0.2, 0.25) is 5.02 Å². The first-order valence-corrected chi connectivity index (χ1v) is 4.84. The second kappa shape index (κ2) is 3.59. The average Bonchev–Trinajstić information content (AvgIpc) is 2.57.